The monoisotopic (exact) mass is 450 g/mol. The molecule has 5 heteroatoms. The molecule has 0 heterocycles. The van der Waals surface area contributed by atoms with Crippen molar-refractivity contribution in [1.82, 2.24) is 0 Å². The molecular weight excluding hydrogens is 416 g/mol. The Morgan fingerprint density at radius 2 is 0.793 bits per heavy atom. The van der Waals surface area contributed by atoms with Gasteiger partial charge in [0, 0.05) is 32.8 Å². The van der Waals surface area contributed by atoms with E-state index in [-0.39, 0.29) is 0 Å². The first-order chi connectivity index (χ1) is 14.3. The first-order valence-electron chi connectivity index (χ1n) is 10.7. The van der Waals surface area contributed by atoms with Crippen LogP contribution in [-0.4, -0.2) is 34.9 Å². The lowest BCUT2D eigenvalue weighted by atomic mass is 10.2. The third-order valence-corrected chi connectivity index (χ3v) is 7.74. The Bertz CT molecular complexity index is 587. The highest BCUT2D eigenvalue weighted by atomic mass is 32.2. The Balaban J connectivity index is 1.66. The largest absolute Gasteiger partial charge is 0.396 e. The van der Waals surface area contributed by atoms with Crippen LogP contribution < -0.4 is 0 Å². The summed E-state index contributed by atoms with van der Waals surface area (Å²) in [5.74, 6) is 2.30. The van der Waals surface area contributed by atoms with Crippen LogP contribution in [0.25, 0.3) is 0 Å². The summed E-state index contributed by atoms with van der Waals surface area (Å²) in [5.41, 5.74) is 0. The average molecular weight is 451 g/mol. The molecular formula is C24H34O2S3. The van der Waals surface area contributed by atoms with Crippen LogP contribution in [0.1, 0.15) is 51.4 Å². The number of benzene rings is 2. The van der Waals surface area contributed by atoms with Crippen LogP contribution in [0.4, 0.5) is 0 Å². The van der Waals surface area contributed by atoms with Crippen LogP contribution >= 0.6 is 35.3 Å². The zero-order valence-corrected chi connectivity index (χ0v) is 19.7. The van der Waals surface area contributed by atoms with Gasteiger partial charge in [-0.05, 0) is 85.7 Å². The number of hydrogen-bond donors (Lipinski definition) is 2. The summed E-state index contributed by atoms with van der Waals surface area (Å²) >= 11 is 5.66. The lowest BCUT2D eigenvalue weighted by molar-refractivity contribution is 0.282. The molecule has 2 rings (SSSR count). The second-order valence-corrected chi connectivity index (χ2v) is 10.5. The van der Waals surface area contributed by atoms with Crippen LogP contribution in [0.3, 0.4) is 0 Å². The van der Waals surface area contributed by atoms with Crippen LogP contribution in [0.15, 0.2) is 68.1 Å². The average Bonchev–Trinajstić information content (AvgIpc) is 2.75. The fourth-order valence-electron chi connectivity index (χ4n) is 2.86. The zero-order chi connectivity index (χ0) is 20.6. The van der Waals surface area contributed by atoms with Gasteiger partial charge in [-0.25, -0.2) is 0 Å². The maximum absolute atomic E-state index is 8.80. The van der Waals surface area contributed by atoms with E-state index in [1.807, 2.05) is 35.3 Å². The zero-order valence-electron chi connectivity index (χ0n) is 17.2. The van der Waals surface area contributed by atoms with E-state index in [4.69, 9.17) is 10.2 Å². The normalized spacial score (nSPS) is 11.1. The molecule has 0 bridgehead atoms. The number of hydrogen-bond acceptors (Lipinski definition) is 5. The molecule has 2 nitrogen and oxygen atoms in total. The molecule has 0 atom stereocenters. The molecule has 0 unspecified atom stereocenters. The van der Waals surface area contributed by atoms with Gasteiger partial charge >= 0.3 is 0 Å². The molecule has 0 aliphatic heterocycles. The molecule has 0 radical (unpaired) electrons. The minimum Gasteiger partial charge on any atom is -0.396 e. The SMILES string of the molecule is OCCCCCCSc1ccc(Sc2ccc(SCCCCCCO)cc2)cc1. The Hall–Kier alpha value is -0.590. The lowest BCUT2D eigenvalue weighted by Crippen LogP contribution is -1.85. The highest BCUT2D eigenvalue weighted by molar-refractivity contribution is 8.00. The molecule has 0 fully saturated rings. The molecule has 0 saturated carbocycles. The molecule has 0 aromatic heterocycles. The maximum Gasteiger partial charge on any atom is 0.0431 e. The molecule has 0 aliphatic rings. The maximum atomic E-state index is 8.80. The Morgan fingerprint density at radius 1 is 0.448 bits per heavy atom. The predicted molar refractivity (Wildman–Crippen MR) is 130 cm³/mol. The summed E-state index contributed by atoms with van der Waals surface area (Å²) in [6, 6.07) is 17.8. The molecule has 0 amide bonds. The van der Waals surface area contributed by atoms with Gasteiger partial charge in [-0.1, -0.05) is 37.4 Å². The van der Waals surface area contributed by atoms with Crippen LogP contribution in [0.2, 0.25) is 0 Å². The number of rotatable bonds is 16. The van der Waals surface area contributed by atoms with Gasteiger partial charge < -0.3 is 10.2 Å². The van der Waals surface area contributed by atoms with E-state index in [1.165, 1.54) is 45.3 Å². The summed E-state index contributed by atoms with van der Waals surface area (Å²) in [5, 5.41) is 17.6. The van der Waals surface area contributed by atoms with Gasteiger partial charge in [0.15, 0.2) is 0 Å². The third kappa shape index (κ3) is 11.4. The second kappa shape index (κ2) is 16.1. The number of aliphatic hydroxyl groups is 2. The standard InChI is InChI=1S/C24H34O2S3/c25-17-5-1-3-7-19-27-21-9-13-23(14-10-21)29-24-15-11-22(12-16-24)28-20-8-4-2-6-18-26/h9-16,25-26H,1-8,17-20H2. The molecule has 160 valence electrons. The smallest absolute Gasteiger partial charge is 0.0431 e. The second-order valence-electron chi connectivity index (χ2n) is 7.02. The van der Waals surface area contributed by atoms with Gasteiger partial charge in [0.1, 0.15) is 0 Å². The van der Waals surface area contributed by atoms with Crippen molar-refractivity contribution in [3.05, 3.63) is 48.5 Å². The highest BCUT2D eigenvalue weighted by Gasteiger charge is 2.01. The van der Waals surface area contributed by atoms with Crippen LogP contribution in [-0.2, 0) is 0 Å². The topological polar surface area (TPSA) is 40.5 Å². The van der Waals surface area contributed by atoms with Crippen molar-refractivity contribution in [3.8, 4) is 0 Å². The lowest BCUT2D eigenvalue weighted by Gasteiger charge is -2.06. The minimum absolute atomic E-state index is 0.319. The van der Waals surface area contributed by atoms with Crippen LogP contribution in [0, 0.1) is 0 Å². The Morgan fingerprint density at radius 3 is 1.17 bits per heavy atom. The summed E-state index contributed by atoms with van der Waals surface area (Å²) < 4.78 is 0. The quantitative estimate of drug-likeness (QED) is 0.210. The first-order valence-corrected chi connectivity index (χ1v) is 13.5. The van der Waals surface area contributed by atoms with Crippen molar-refractivity contribution in [2.45, 2.75) is 70.9 Å². The molecule has 2 aromatic carbocycles. The first kappa shape index (κ1) is 24.7. The van der Waals surface area contributed by atoms with Crippen molar-refractivity contribution >= 4 is 35.3 Å². The summed E-state index contributed by atoms with van der Waals surface area (Å²) in [6.45, 7) is 0.639. The number of unbranched alkanes of at least 4 members (excludes halogenated alkanes) is 6. The van der Waals surface area contributed by atoms with Gasteiger partial charge in [0.05, 0.1) is 0 Å². The van der Waals surface area contributed by atoms with Crippen LogP contribution in [0.5, 0.6) is 0 Å². The van der Waals surface area contributed by atoms with E-state index in [0.29, 0.717) is 13.2 Å². The number of thioether (sulfide) groups is 2. The van der Waals surface area contributed by atoms with E-state index in [0.717, 1.165) is 37.2 Å². The molecule has 2 N–H and O–H groups in total. The Kier molecular flexibility index (Phi) is 13.7. The third-order valence-electron chi connectivity index (χ3n) is 4.53. The van der Waals surface area contributed by atoms with E-state index in [9.17, 15) is 0 Å². The van der Waals surface area contributed by atoms with Crippen molar-refractivity contribution in [2.75, 3.05) is 24.7 Å². The molecule has 0 spiro atoms. The summed E-state index contributed by atoms with van der Waals surface area (Å²) in [7, 11) is 0. The molecule has 0 aliphatic carbocycles. The fraction of sp³-hybridized carbons (Fsp3) is 0.500. The van der Waals surface area contributed by atoms with Crippen molar-refractivity contribution < 1.29 is 10.2 Å². The molecule has 0 saturated heterocycles. The number of aliphatic hydroxyl groups excluding tert-OH is 2. The van der Waals surface area contributed by atoms with Gasteiger partial charge in [0.25, 0.3) is 0 Å². The summed E-state index contributed by atoms with van der Waals surface area (Å²) in [4.78, 5) is 5.23. The fourth-order valence-corrected chi connectivity index (χ4v) is 5.50. The molecule has 2 aromatic rings. The van der Waals surface area contributed by atoms with Gasteiger partial charge in [-0.15, -0.1) is 23.5 Å². The summed E-state index contributed by atoms with van der Waals surface area (Å²) in [6.07, 6.45) is 8.98. The van der Waals surface area contributed by atoms with E-state index >= 15 is 0 Å². The van der Waals surface area contributed by atoms with E-state index in [1.54, 1.807) is 0 Å². The van der Waals surface area contributed by atoms with Gasteiger partial charge in [-0.3, -0.25) is 0 Å². The van der Waals surface area contributed by atoms with E-state index < -0.39 is 0 Å². The highest BCUT2D eigenvalue weighted by Crippen LogP contribution is 2.31. The van der Waals surface area contributed by atoms with Gasteiger partial charge in [-0.2, -0.15) is 0 Å². The van der Waals surface area contributed by atoms with E-state index in [2.05, 4.69) is 48.5 Å². The molecule has 29 heavy (non-hydrogen) atoms. The predicted octanol–water partition coefficient (Wildman–Crippen LogP) is 7.13. The van der Waals surface area contributed by atoms with Gasteiger partial charge in [0.2, 0.25) is 0 Å². The Labute approximate surface area is 189 Å². The van der Waals surface area contributed by atoms with Crippen molar-refractivity contribution in [3.63, 3.8) is 0 Å². The minimum atomic E-state index is 0.319. The van der Waals surface area contributed by atoms with Crippen molar-refractivity contribution in [1.29, 1.82) is 0 Å². The van der Waals surface area contributed by atoms with Crippen molar-refractivity contribution in [2.24, 2.45) is 0 Å².